The van der Waals surface area contributed by atoms with Gasteiger partial charge in [0.15, 0.2) is 11.9 Å². The summed E-state index contributed by atoms with van der Waals surface area (Å²) >= 11 is 11.7. The fourth-order valence-electron chi connectivity index (χ4n) is 1.38. The van der Waals surface area contributed by atoms with Gasteiger partial charge in [-0.3, -0.25) is 0 Å². The minimum atomic E-state index is -1.02. The molecule has 0 aliphatic carbocycles. The lowest BCUT2D eigenvalue weighted by molar-refractivity contribution is -0.140. The molecule has 0 saturated heterocycles. The Morgan fingerprint density at radius 1 is 1.39 bits per heavy atom. The predicted molar refractivity (Wildman–Crippen MR) is 65.6 cm³/mol. The van der Waals surface area contributed by atoms with Crippen LogP contribution in [0.15, 0.2) is 18.2 Å². The number of hydrogen-bond acceptors (Lipinski definition) is 4. The van der Waals surface area contributed by atoms with Gasteiger partial charge in [0, 0.05) is 5.56 Å². The number of aliphatic carboxylic acids is 1. The number of carboxylic acid groups (broad SMARTS) is 1. The normalized spacial score (nSPS) is 12.4. The Morgan fingerprint density at radius 2 is 2.11 bits per heavy atom. The van der Waals surface area contributed by atoms with Crippen LogP contribution >= 0.6 is 23.2 Å². The van der Waals surface area contributed by atoms with Crippen molar-refractivity contribution in [1.82, 2.24) is 20.2 Å². The number of tetrazole rings is 1. The Hall–Kier alpha value is -1.66. The summed E-state index contributed by atoms with van der Waals surface area (Å²) in [6, 6.07) is 3.99. The van der Waals surface area contributed by atoms with Crippen LogP contribution in [0.5, 0.6) is 0 Å². The molecule has 0 aliphatic heterocycles. The lowest BCUT2D eigenvalue weighted by atomic mass is 10.2. The Bertz CT molecular complexity index is 599. The summed E-state index contributed by atoms with van der Waals surface area (Å²) in [5, 5.41) is 20.7. The summed E-state index contributed by atoms with van der Waals surface area (Å²) in [6.07, 6.45) is 0. The minimum absolute atomic E-state index is 0.323. The first-order valence-corrected chi connectivity index (χ1v) is 5.72. The zero-order chi connectivity index (χ0) is 13.3. The van der Waals surface area contributed by atoms with E-state index in [0.717, 1.165) is 0 Å². The second-order valence-electron chi connectivity index (χ2n) is 3.59. The molecule has 0 aliphatic rings. The molecular weight excluding hydrogens is 279 g/mol. The van der Waals surface area contributed by atoms with Gasteiger partial charge in [0.05, 0.1) is 10.0 Å². The summed E-state index contributed by atoms with van der Waals surface area (Å²) < 4.78 is 1.21. The largest absolute Gasteiger partial charge is 0.480 e. The summed E-state index contributed by atoms with van der Waals surface area (Å²) in [7, 11) is 0. The first-order valence-electron chi connectivity index (χ1n) is 4.97. The van der Waals surface area contributed by atoms with Crippen LogP contribution in [0.25, 0.3) is 11.4 Å². The molecule has 0 radical (unpaired) electrons. The highest BCUT2D eigenvalue weighted by molar-refractivity contribution is 6.42. The predicted octanol–water partition coefficient (Wildman–Crippen LogP) is 2.29. The van der Waals surface area contributed by atoms with Crippen LogP contribution in [0.3, 0.4) is 0 Å². The van der Waals surface area contributed by atoms with E-state index in [9.17, 15) is 4.79 Å². The van der Waals surface area contributed by atoms with Crippen molar-refractivity contribution in [2.45, 2.75) is 13.0 Å². The first kappa shape index (κ1) is 12.8. The number of hydrogen-bond donors (Lipinski definition) is 1. The van der Waals surface area contributed by atoms with E-state index in [-0.39, 0.29) is 0 Å². The lowest BCUT2D eigenvalue weighted by Crippen LogP contribution is -2.18. The molecule has 2 rings (SSSR count). The van der Waals surface area contributed by atoms with Gasteiger partial charge in [0.25, 0.3) is 0 Å². The van der Waals surface area contributed by atoms with E-state index in [1.165, 1.54) is 11.6 Å². The van der Waals surface area contributed by atoms with Crippen molar-refractivity contribution in [2.24, 2.45) is 0 Å². The maximum atomic E-state index is 10.9. The van der Waals surface area contributed by atoms with E-state index in [1.54, 1.807) is 18.2 Å². The monoisotopic (exact) mass is 286 g/mol. The highest BCUT2D eigenvalue weighted by Crippen LogP contribution is 2.28. The van der Waals surface area contributed by atoms with E-state index in [1.807, 2.05) is 0 Å². The smallest absolute Gasteiger partial charge is 0.328 e. The molecule has 0 saturated carbocycles. The fraction of sp³-hybridized carbons (Fsp3) is 0.200. The molecule has 0 fully saturated rings. The first-order chi connectivity index (χ1) is 8.50. The molecule has 2 aromatic rings. The third-order valence-electron chi connectivity index (χ3n) is 2.39. The van der Waals surface area contributed by atoms with Crippen LogP contribution in [0.1, 0.15) is 13.0 Å². The minimum Gasteiger partial charge on any atom is -0.480 e. The van der Waals surface area contributed by atoms with Crippen molar-refractivity contribution < 1.29 is 9.90 Å². The van der Waals surface area contributed by atoms with E-state index >= 15 is 0 Å². The second-order valence-corrected chi connectivity index (χ2v) is 4.40. The molecule has 1 aromatic carbocycles. The molecule has 6 nitrogen and oxygen atoms in total. The maximum Gasteiger partial charge on any atom is 0.328 e. The molecule has 0 bridgehead atoms. The van der Waals surface area contributed by atoms with Crippen molar-refractivity contribution >= 4 is 29.2 Å². The molecule has 18 heavy (non-hydrogen) atoms. The van der Waals surface area contributed by atoms with Crippen LogP contribution in [0.2, 0.25) is 10.0 Å². The summed E-state index contributed by atoms with van der Waals surface area (Å²) in [6.45, 7) is 1.49. The zero-order valence-corrected chi connectivity index (χ0v) is 10.7. The number of rotatable bonds is 3. The lowest BCUT2D eigenvalue weighted by Gasteiger charge is -2.08. The molecule has 1 heterocycles. The van der Waals surface area contributed by atoms with Crippen molar-refractivity contribution in [2.75, 3.05) is 0 Å². The molecule has 0 spiro atoms. The molecule has 94 valence electrons. The number of nitrogens with zero attached hydrogens (tertiary/aromatic N) is 4. The number of benzene rings is 1. The third kappa shape index (κ3) is 2.30. The average molecular weight is 287 g/mol. The van der Waals surface area contributed by atoms with Crippen LogP contribution in [-0.4, -0.2) is 31.3 Å². The number of carbonyl (C=O) groups is 1. The average Bonchev–Trinajstić information content (AvgIpc) is 2.80. The van der Waals surface area contributed by atoms with Crippen LogP contribution in [0.4, 0.5) is 0 Å². The Morgan fingerprint density at radius 3 is 2.72 bits per heavy atom. The zero-order valence-electron chi connectivity index (χ0n) is 9.21. The van der Waals surface area contributed by atoms with Crippen LogP contribution < -0.4 is 0 Å². The fourth-order valence-corrected chi connectivity index (χ4v) is 1.68. The van der Waals surface area contributed by atoms with Crippen LogP contribution in [0, 0.1) is 0 Å². The molecule has 1 N–H and O–H groups in total. The quantitative estimate of drug-likeness (QED) is 0.936. The standard InChI is InChI=1S/C10H8Cl2N4O2/c1-5(10(17)18)16-9(13-14-15-16)6-2-3-7(11)8(12)4-6/h2-5H,1H3,(H,17,18). The second kappa shape index (κ2) is 4.91. The van der Waals surface area contributed by atoms with Gasteiger partial charge in [-0.2, -0.15) is 0 Å². The van der Waals surface area contributed by atoms with Gasteiger partial charge >= 0.3 is 5.97 Å². The highest BCUT2D eigenvalue weighted by Gasteiger charge is 2.20. The number of halogens is 2. The van der Waals surface area contributed by atoms with Crippen LogP contribution in [-0.2, 0) is 4.79 Å². The number of aromatic nitrogens is 4. The summed E-state index contributed by atoms with van der Waals surface area (Å²) in [5.74, 6) is -0.702. The molecule has 1 aromatic heterocycles. The molecular formula is C10H8Cl2N4O2. The van der Waals surface area contributed by atoms with E-state index < -0.39 is 12.0 Å². The van der Waals surface area contributed by atoms with Gasteiger partial charge in [-0.25, -0.2) is 9.48 Å². The van der Waals surface area contributed by atoms with Crippen molar-refractivity contribution in [3.63, 3.8) is 0 Å². The van der Waals surface area contributed by atoms with E-state index in [0.29, 0.717) is 21.4 Å². The van der Waals surface area contributed by atoms with Gasteiger partial charge in [0.1, 0.15) is 0 Å². The van der Waals surface area contributed by atoms with Gasteiger partial charge in [-0.15, -0.1) is 5.10 Å². The summed E-state index contributed by atoms with van der Waals surface area (Å²) in [4.78, 5) is 10.9. The maximum absolute atomic E-state index is 10.9. The van der Waals surface area contributed by atoms with E-state index in [2.05, 4.69) is 15.5 Å². The third-order valence-corrected chi connectivity index (χ3v) is 3.13. The van der Waals surface area contributed by atoms with Crippen molar-refractivity contribution in [3.05, 3.63) is 28.2 Å². The van der Waals surface area contributed by atoms with E-state index in [4.69, 9.17) is 28.3 Å². The molecule has 8 heteroatoms. The molecule has 1 atom stereocenters. The number of carboxylic acids is 1. The molecule has 1 unspecified atom stereocenters. The topological polar surface area (TPSA) is 80.9 Å². The summed E-state index contributed by atoms with van der Waals surface area (Å²) in [5.41, 5.74) is 0.600. The Balaban J connectivity index is 2.48. The van der Waals surface area contributed by atoms with Gasteiger partial charge in [0.2, 0.25) is 0 Å². The van der Waals surface area contributed by atoms with Gasteiger partial charge in [-0.05, 0) is 35.5 Å². The SMILES string of the molecule is CC(C(=O)O)n1nnnc1-c1ccc(Cl)c(Cl)c1. The highest BCUT2D eigenvalue weighted by atomic mass is 35.5. The van der Waals surface area contributed by atoms with Crippen molar-refractivity contribution in [1.29, 1.82) is 0 Å². The Kier molecular flexibility index (Phi) is 3.49. The molecule has 0 amide bonds. The van der Waals surface area contributed by atoms with Gasteiger partial charge < -0.3 is 5.11 Å². The Labute approximate surface area is 112 Å². The van der Waals surface area contributed by atoms with Gasteiger partial charge in [-0.1, -0.05) is 23.2 Å². The van der Waals surface area contributed by atoms with Crippen molar-refractivity contribution in [3.8, 4) is 11.4 Å².